The van der Waals surface area contributed by atoms with E-state index in [1.54, 1.807) is 18.3 Å². The number of nitrogens with zero attached hydrogens (tertiary/aromatic N) is 5. The van der Waals surface area contributed by atoms with Crippen LogP contribution in [0.4, 0.5) is 16.0 Å². The predicted molar refractivity (Wildman–Crippen MR) is 129 cm³/mol. The summed E-state index contributed by atoms with van der Waals surface area (Å²) in [5, 5.41) is 25.0. The molecule has 0 aliphatic heterocycles. The van der Waals surface area contributed by atoms with Gasteiger partial charge in [0, 0.05) is 29.3 Å². The summed E-state index contributed by atoms with van der Waals surface area (Å²) in [6, 6.07) is 11.2. The molecule has 0 aliphatic carbocycles. The zero-order valence-corrected chi connectivity index (χ0v) is 18.6. The number of rotatable bonds is 6. The molecule has 0 spiro atoms. The molecule has 0 radical (unpaired) electrons. The quantitative estimate of drug-likeness (QED) is 0.253. The van der Waals surface area contributed by atoms with Gasteiger partial charge < -0.3 is 16.4 Å². The molecule has 9 nitrogen and oxygen atoms in total. The largest absolute Gasteiger partial charge is 0.382 e. The van der Waals surface area contributed by atoms with Gasteiger partial charge in [-0.3, -0.25) is 10.4 Å². The third-order valence-corrected chi connectivity index (χ3v) is 5.25. The standard InChI is InChI=1S/C24H22FN9/c1-3-29-23(28)19-15-10-14(25)7-8-17(15)34-21(20(19)18-6-4-5-9-30-18)13(2)33-24-16(11-26)22(27)31-12-32-24/h4-10,12-13H,3H2,1-2H3,(H2,28,29)(H3,27,31,32,33)/t13-/m0/s1. The summed E-state index contributed by atoms with van der Waals surface area (Å²) in [5.41, 5.74) is 8.67. The fourth-order valence-electron chi connectivity index (χ4n) is 3.75. The van der Waals surface area contributed by atoms with Crippen LogP contribution in [0.5, 0.6) is 0 Å². The topological polar surface area (TPSA) is 149 Å². The summed E-state index contributed by atoms with van der Waals surface area (Å²) >= 11 is 0. The van der Waals surface area contributed by atoms with Crippen molar-refractivity contribution in [2.24, 2.45) is 0 Å². The lowest BCUT2D eigenvalue weighted by molar-refractivity contribution is 0.629. The molecule has 170 valence electrons. The van der Waals surface area contributed by atoms with E-state index < -0.39 is 11.9 Å². The van der Waals surface area contributed by atoms with Crippen molar-refractivity contribution in [3.63, 3.8) is 0 Å². The zero-order chi connectivity index (χ0) is 24.2. The van der Waals surface area contributed by atoms with Crippen LogP contribution < -0.4 is 16.4 Å². The van der Waals surface area contributed by atoms with Crippen molar-refractivity contribution in [1.29, 1.82) is 10.7 Å². The minimum absolute atomic E-state index is 0.0636. The summed E-state index contributed by atoms with van der Waals surface area (Å²) in [6.45, 7) is 4.24. The Balaban J connectivity index is 1.99. The van der Waals surface area contributed by atoms with E-state index in [2.05, 4.69) is 25.6 Å². The number of hydrogen-bond donors (Lipinski definition) is 4. The van der Waals surface area contributed by atoms with Crippen molar-refractivity contribution in [2.45, 2.75) is 19.9 Å². The van der Waals surface area contributed by atoms with Gasteiger partial charge in [-0.1, -0.05) is 6.07 Å². The van der Waals surface area contributed by atoms with E-state index in [1.807, 2.05) is 32.0 Å². The fourth-order valence-corrected chi connectivity index (χ4v) is 3.75. The maximum atomic E-state index is 14.3. The number of benzene rings is 1. The second-order valence-electron chi connectivity index (χ2n) is 7.49. The highest BCUT2D eigenvalue weighted by Crippen LogP contribution is 2.36. The maximum Gasteiger partial charge on any atom is 0.150 e. The summed E-state index contributed by atoms with van der Waals surface area (Å²) in [7, 11) is 0. The van der Waals surface area contributed by atoms with Crippen LogP contribution in [0.1, 0.15) is 36.7 Å². The smallest absolute Gasteiger partial charge is 0.150 e. The van der Waals surface area contributed by atoms with E-state index in [9.17, 15) is 9.65 Å². The van der Waals surface area contributed by atoms with Crippen molar-refractivity contribution in [2.75, 3.05) is 17.6 Å². The number of pyridine rings is 2. The number of amidine groups is 1. The number of nitrogens with one attached hydrogen (secondary N) is 3. The van der Waals surface area contributed by atoms with Crippen molar-refractivity contribution in [3.05, 3.63) is 71.6 Å². The highest BCUT2D eigenvalue weighted by Gasteiger charge is 2.25. The van der Waals surface area contributed by atoms with Gasteiger partial charge >= 0.3 is 0 Å². The van der Waals surface area contributed by atoms with E-state index in [0.29, 0.717) is 40.0 Å². The molecule has 5 N–H and O–H groups in total. The Morgan fingerprint density at radius 3 is 2.76 bits per heavy atom. The number of anilines is 2. The number of hydrogen-bond acceptors (Lipinski definition) is 8. The van der Waals surface area contributed by atoms with Gasteiger partial charge in [-0.25, -0.2) is 19.3 Å². The normalized spacial score (nSPS) is 11.6. The summed E-state index contributed by atoms with van der Waals surface area (Å²) in [5.74, 6) is 0.0203. The van der Waals surface area contributed by atoms with E-state index in [0.717, 1.165) is 0 Å². The monoisotopic (exact) mass is 455 g/mol. The van der Waals surface area contributed by atoms with Crippen molar-refractivity contribution < 1.29 is 4.39 Å². The van der Waals surface area contributed by atoms with Gasteiger partial charge in [-0.15, -0.1) is 0 Å². The van der Waals surface area contributed by atoms with Crippen molar-refractivity contribution >= 4 is 28.4 Å². The van der Waals surface area contributed by atoms with Crippen LogP contribution in [0, 0.1) is 22.6 Å². The number of nitrogens with two attached hydrogens (primary N) is 1. The molecule has 4 rings (SSSR count). The molecule has 0 amide bonds. The lowest BCUT2D eigenvalue weighted by Crippen LogP contribution is -2.25. The van der Waals surface area contributed by atoms with Gasteiger partial charge in [0.15, 0.2) is 0 Å². The van der Waals surface area contributed by atoms with Crippen LogP contribution in [0.15, 0.2) is 48.9 Å². The van der Waals surface area contributed by atoms with Gasteiger partial charge in [0.25, 0.3) is 0 Å². The van der Waals surface area contributed by atoms with Crippen LogP contribution in [-0.4, -0.2) is 32.3 Å². The van der Waals surface area contributed by atoms with Gasteiger partial charge in [0.1, 0.15) is 41.2 Å². The molecule has 0 aliphatic rings. The van der Waals surface area contributed by atoms with Crippen molar-refractivity contribution in [1.82, 2.24) is 25.3 Å². The molecule has 4 aromatic rings. The first-order chi connectivity index (χ1) is 16.4. The van der Waals surface area contributed by atoms with Crippen molar-refractivity contribution in [3.8, 4) is 17.3 Å². The fraction of sp³-hybridized carbons (Fsp3) is 0.167. The second-order valence-corrected chi connectivity index (χ2v) is 7.49. The van der Waals surface area contributed by atoms with Gasteiger partial charge in [0.05, 0.1) is 22.9 Å². The summed E-state index contributed by atoms with van der Waals surface area (Å²) in [4.78, 5) is 17.4. The molecule has 34 heavy (non-hydrogen) atoms. The molecular formula is C24H22FN9. The Morgan fingerprint density at radius 1 is 1.24 bits per heavy atom. The Bertz CT molecular complexity index is 1410. The Labute approximate surface area is 195 Å². The lowest BCUT2D eigenvalue weighted by Gasteiger charge is -2.22. The average molecular weight is 456 g/mol. The molecule has 0 saturated carbocycles. The van der Waals surface area contributed by atoms with Crippen LogP contribution in [0.2, 0.25) is 0 Å². The Kier molecular flexibility index (Phi) is 6.27. The van der Waals surface area contributed by atoms with E-state index >= 15 is 0 Å². The number of halogens is 1. The third kappa shape index (κ3) is 4.19. The average Bonchev–Trinajstić information content (AvgIpc) is 2.83. The Morgan fingerprint density at radius 2 is 2.06 bits per heavy atom. The third-order valence-electron chi connectivity index (χ3n) is 5.25. The molecule has 10 heteroatoms. The predicted octanol–water partition coefficient (Wildman–Crippen LogP) is 3.79. The van der Waals surface area contributed by atoms with E-state index in [4.69, 9.17) is 16.1 Å². The molecular weight excluding hydrogens is 433 g/mol. The van der Waals surface area contributed by atoms with E-state index in [-0.39, 0.29) is 23.0 Å². The number of aromatic nitrogens is 4. The first-order valence-electron chi connectivity index (χ1n) is 10.6. The lowest BCUT2D eigenvalue weighted by atomic mass is 9.93. The molecule has 1 aromatic carbocycles. The molecule has 1 atom stereocenters. The number of nitrogen functional groups attached to an aromatic ring is 1. The number of fused-ring (bicyclic) bond motifs is 1. The van der Waals surface area contributed by atoms with E-state index in [1.165, 1.54) is 18.5 Å². The highest BCUT2D eigenvalue weighted by atomic mass is 19.1. The first kappa shape index (κ1) is 22.5. The molecule has 3 heterocycles. The molecule has 0 bridgehead atoms. The first-order valence-corrected chi connectivity index (χ1v) is 10.6. The molecule has 3 aromatic heterocycles. The minimum Gasteiger partial charge on any atom is -0.382 e. The molecule has 0 saturated heterocycles. The molecule has 0 fully saturated rings. The van der Waals surface area contributed by atoms with Crippen LogP contribution in [-0.2, 0) is 0 Å². The maximum absolute atomic E-state index is 14.3. The zero-order valence-electron chi connectivity index (χ0n) is 18.6. The van der Waals surface area contributed by atoms with Gasteiger partial charge in [0.2, 0.25) is 0 Å². The van der Waals surface area contributed by atoms with Crippen LogP contribution in [0.3, 0.4) is 0 Å². The Hall–Kier alpha value is -4.65. The van der Waals surface area contributed by atoms with Gasteiger partial charge in [-0.05, 0) is 44.2 Å². The highest BCUT2D eigenvalue weighted by molar-refractivity contribution is 6.13. The molecule has 0 unspecified atom stereocenters. The van der Waals surface area contributed by atoms with Gasteiger partial charge in [-0.2, -0.15) is 5.26 Å². The minimum atomic E-state index is -0.485. The SMILES string of the molecule is CCNC(=N)c1c(-c2ccccn2)c([C@H](C)Nc2ncnc(N)c2C#N)nc2ccc(F)cc12. The van der Waals surface area contributed by atoms with Crippen LogP contribution >= 0.6 is 0 Å². The second kappa shape index (κ2) is 9.46. The summed E-state index contributed by atoms with van der Waals surface area (Å²) < 4.78 is 14.3. The number of nitriles is 1. The summed E-state index contributed by atoms with van der Waals surface area (Å²) in [6.07, 6.45) is 2.92. The van der Waals surface area contributed by atoms with Crippen LogP contribution in [0.25, 0.3) is 22.2 Å².